The van der Waals surface area contributed by atoms with Crippen molar-refractivity contribution >= 4 is 45.3 Å². The van der Waals surface area contributed by atoms with Crippen LogP contribution in [-0.2, 0) is 14.3 Å². The summed E-state index contributed by atoms with van der Waals surface area (Å²) in [5.41, 5.74) is 0.858. The van der Waals surface area contributed by atoms with Gasteiger partial charge in [-0.05, 0) is 52.7 Å². The minimum Gasteiger partial charge on any atom is -0.452 e. The van der Waals surface area contributed by atoms with Gasteiger partial charge in [-0.15, -0.1) is 0 Å². The molecule has 0 fully saturated rings. The van der Waals surface area contributed by atoms with Gasteiger partial charge in [-0.25, -0.2) is 4.79 Å². The number of nitro groups is 1. The first-order valence-corrected chi connectivity index (χ1v) is 7.79. The normalized spacial score (nSPS) is 10.6. The maximum atomic E-state index is 11.8. The summed E-state index contributed by atoms with van der Waals surface area (Å²) in [6.45, 7) is 1.14. The number of furan rings is 1. The lowest BCUT2D eigenvalue weighted by Crippen LogP contribution is -2.20. The molecule has 0 aliphatic carbocycles. The lowest BCUT2D eigenvalue weighted by atomic mass is 10.2. The van der Waals surface area contributed by atoms with Gasteiger partial charge in [0.25, 0.3) is 11.6 Å². The van der Waals surface area contributed by atoms with E-state index >= 15 is 0 Å². The van der Waals surface area contributed by atoms with Crippen LogP contribution >= 0.6 is 15.9 Å². The van der Waals surface area contributed by atoms with Crippen LogP contribution in [0.2, 0.25) is 0 Å². The molecular formula is C16H13BrN2O6. The molecule has 0 saturated carbocycles. The van der Waals surface area contributed by atoms with E-state index in [-0.39, 0.29) is 5.69 Å². The highest BCUT2D eigenvalue weighted by atomic mass is 79.9. The standard InChI is InChI=1S/C16H13BrN2O6/c1-10-8-11(19(22)23)2-5-13(10)18-15(20)9-24-16(21)7-4-12-3-6-14(17)25-12/h2-8H,9H2,1H3,(H,18,20)/b7-4+. The van der Waals surface area contributed by atoms with Gasteiger partial charge in [0.05, 0.1) is 4.92 Å². The number of aryl methyl sites for hydroxylation is 1. The maximum Gasteiger partial charge on any atom is 0.331 e. The number of hydrogen-bond donors (Lipinski definition) is 1. The molecule has 0 atom stereocenters. The number of nitro benzene ring substituents is 1. The van der Waals surface area contributed by atoms with Gasteiger partial charge in [0, 0.05) is 23.9 Å². The molecule has 0 spiro atoms. The number of carbonyl (C=O) groups excluding carboxylic acids is 2. The van der Waals surface area contributed by atoms with E-state index in [0.29, 0.717) is 21.7 Å². The van der Waals surface area contributed by atoms with E-state index in [1.165, 1.54) is 24.3 Å². The molecule has 2 rings (SSSR count). The molecule has 8 nitrogen and oxygen atoms in total. The SMILES string of the molecule is Cc1cc([N+](=O)[O-])ccc1NC(=O)COC(=O)/C=C/c1ccc(Br)o1. The van der Waals surface area contributed by atoms with E-state index in [1.54, 1.807) is 19.1 Å². The fourth-order valence-corrected chi connectivity index (χ4v) is 2.16. The van der Waals surface area contributed by atoms with Crippen LogP contribution in [0.3, 0.4) is 0 Å². The Kier molecular flexibility index (Phi) is 6.07. The van der Waals surface area contributed by atoms with Gasteiger partial charge in [-0.1, -0.05) is 0 Å². The average Bonchev–Trinajstić information content (AvgIpc) is 2.98. The van der Waals surface area contributed by atoms with Crippen molar-refractivity contribution in [3.8, 4) is 0 Å². The van der Waals surface area contributed by atoms with Crippen molar-refractivity contribution in [1.82, 2.24) is 0 Å². The third-order valence-corrected chi connectivity index (χ3v) is 3.44. The molecule has 9 heteroatoms. The second-order valence-electron chi connectivity index (χ2n) is 4.89. The fourth-order valence-electron chi connectivity index (χ4n) is 1.84. The third kappa shape index (κ3) is 5.57. The first kappa shape index (κ1) is 18.4. The Bertz CT molecular complexity index is 843. The van der Waals surface area contributed by atoms with Gasteiger partial charge in [0.15, 0.2) is 11.3 Å². The monoisotopic (exact) mass is 408 g/mol. The smallest absolute Gasteiger partial charge is 0.331 e. The van der Waals surface area contributed by atoms with E-state index in [4.69, 9.17) is 9.15 Å². The van der Waals surface area contributed by atoms with Crippen LogP contribution in [0.5, 0.6) is 0 Å². The van der Waals surface area contributed by atoms with Gasteiger partial charge in [-0.2, -0.15) is 0 Å². The molecule has 0 saturated heterocycles. The summed E-state index contributed by atoms with van der Waals surface area (Å²) in [5.74, 6) is -0.808. The van der Waals surface area contributed by atoms with E-state index in [1.807, 2.05) is 0 Å². The zero-order valence-electron chi connectivity index (χ0n) is 13.0. The molecule has 0 radical (unpaired) electrons. The van der Waals surface area contributed by atoms with E-state index in [2.05, 4.69) is 21.2 Å². The summed E-state index contributed by atoms with van der Waals surface area (Å²) >= 11 is 3.13. The number of carbonyl (C=O) groups is 2. The number of nitrogens with zero attached hydrogens (tertiary/aromatic N) is 1. The largest absolute Gasteiger partial charge is 0.452 e. The van der Waals surface area contributed by atoms with Gasteiger partial charge in [0.2, 0.25) is 0 Å². The molecule has 0 aliphatic rings. The van der Waals surface area contributed by atoms with Crippen LogP contribution in [0.4, 0.5) is 11.4 Å². The zero-order chi connectivity index (χ0) is 18.4. The number of nitrogens with one attached hydrogen (secondary N) is 1. The number of anilines is 1. The highest BCUT2D eigenvalue weighted by molar-refractivity contribution is 9.10. The first-order chi connectivity index (χ1) is 11.8. The predicted octanol–water partition coefficient (Wildman–Crippen LogP) is 3.45. The second kappa shape index (κ2) is 8.25. The van der Waals surface area contributed by atoms with Gasteiger partial charge >= 0.3 is 5.97 Å². The third-order valence-electron chi connectivity index (χ3n) is 3.02. The molecule has 130 valence electrons. The van der Waals surface area contributed by atoms with Crippen molar-refractivity contribution in [2.75, 3.05) is 11.9 Å². The molecule has 1 aromatic heterocycles. The fraction of sp³-hybridized carbons (Fsp3) is 0.125. The van der Waals surface area contributed by atoms with E-state index in [9.17, 15) is 19.7 Å². The zero-order valence-corrected chi connectivity index (χ0v) is 14.6. The van der Waals surface area contributed by atoms with Crippen LogP contribution in [0, 0.1) is 17.0 Å². The number of rotatable bonds is 6. The highest BCUT2D eigenvalue weighted by Crippen LogP contribution is 2.21. The summed E-state index contributed by atoms with van der Waals surface area (Å²) in [4.78, 5) is 33.5. The Labute approximate surface area is 150 Å². The van der Waals surface area contributed by atoms with Crippen molar-refractivity contribution < 1.29 is 23.7 Å². The van der Waals surface area contributed by atoms with Crippen molar-refractivity contribution in [2.45, 2.75) is 6.92 Å². The van der Waals surface area contributed by atoms with Gasteiger partial charge in [0.1, 0.15) is 5.76 Å². The first-order valence-electron chi connectivity index (χ1n) is 7.00. The van der Waals surface area contributed by atoms with E-state index < -0.39 is 23.4 Å². The lowest BCUT2D eigenvalue weighted by molar-refractivity contribution is -0.384. The maximum absolute atomic E-state index is 11.8. The minimum absolute atomic E-state index is 0.0726. The summed E-state index contributed by atoms with van der Waals surface area (Å²) in [6, 6.07) is 7.36. The molecule has 0 bridgehead atoms. The van der Waals surface area contributed by atoms with Crippen LogP contribution in [-0.4, -0.2) is 23.4 Å². The average molecular weight is 409 g/mol. The summed E-state index contributed by atoms with van der Waals surface area (Å²) in [7, 11) is 0. The predicted molar refractivity (Wildman–Crippen MR) is 92.9 cm³/mol. The molecular weight excluding hydrogens is 396 g/mol. The van der Waals surface area contributed by atoms with Crippen molar-refractivity contribution in [1.29, 1.82) is 0 Å². The molecule has 0 unspecified atom stereocenters. The number of halogens is 1. The number of amides is 1. The minimum atomic E-state index is -0.705. The molecule has 1 heterocycles. The molecule has 25 heavy (non-hydrogen) atoms. The molecule has 1 amide bonds. The van der Waals surface area contributed by atoms with Gasteiger partial charge in [-0.3, -0.25) is 14.9 Å². The Balaban J connectivity index is 1.85. The lowest BCUT2D eigenvalue weighted by Gasteiger charge is -2.08. The van der Waals surface area contributed by atoms with Crippen molar-refractivity contribution in [3.05, 3.63) is 62.5 Å². The number of ether oxygens (including phenoxy) is 1. The Morgan fingerprint density at radius 3 is 2.72 bits per heavy atom. The number of hydrogen-bond acceptors (Lipinski definition) is 6. The van der Waals surface area contributed by atoms with Crippen molar-refractivity contribution in [2.24, 2.45) is 0 Å². The molecule has 0 aliphatic heterocycles. The van der Waals surface area contributed by atoms with Crippen LogP contribution in [0.25, 0.3) is 6.08 Å². The molecule has 1 aromatic carbocycles. The second-order valence-corrected chi connectivity index (χ2v) is 5.67. The van der Waals surface area contributed by atoms with E-state index in [0.717, 1.165) is 6.08 Å². The summed E-state index contributed by atoms with van der Waals surface area (Å²) in [5, 5.41) is 13.2. The summed E-state index contributed by atoms with van der Waals surface area (Å²) < 4.78 is 10.5. The topological polar surface area (TPSA) is 112 Å². The number of non-ortho nitro benzene ring substituents is 1. The summed E-state index contributed by atoms with van der Waals surface area (Å²) in [6.07, 6.45) is 2.54. The van der Waals surface area contributed by atoms with Gasteiger partial charge < -0.3 is 14.5 Å². The Hall–Kier alpha value is -2.94. The number of benzene rings is 1. The van der Waals surface area contributed by atoms with Crippen LogP contribution in [0.15, 0.2) is 45.5 Å². The van der Waals surface area contributed by atoms with Crippen LogP contribution in [0.1, 0.15) is 11.3 Å². The highest BCUT2D eigenvalue weighted by Gasteiger charge is 2.11. The Morgan fingerprint density at radius 1 is 1.36 bits per heavy atom. The van der Waals surface area contributed by atoms with Crippen molar-refractivity contribution in [3.63, 3.8) is 0 Å². The number of esters is 1. The Morgan fingerprint density at radius 2 is 2.12 bits per heavy atom. The quantitative estimate of drug-likeness (QED) is 0.339. The molecule has 1 N–H and O–H groups in total. The molecule has 2 aromatic rings. The van der Waals surface area contributed by atoms with Crippen LogP contribution < -0.4 is 5.32 Å².